The van der Waals surface area contributed by atoms with E-state index in [0.717, 1.165) is 25.6 Å². The molecule has 0 aliphatic rings. The zero-order chi connectivity index (χ0) is 27.9. The highest BCUT2D eigenvalue weighted by molar-refractivity contribution is 14.1. The van der Waals surface area contributed by atoms with Crippen LogP contribution < -0.4 is 10.6 Å². The van der Waals surface area contributed by atoms with Crippen LogP contribution in [0.15, 0.2) is 54.7 Å². The Hall–Kier alpha value is -2.88. The van der Waals surface area contributed by atoms with Gasteiger partial charge in [0.15, 0.2) is 0 Å². The van der Waals surface area contributed by atoms with Crippen LogP contribution in [0.25, 0.3) is 10.9 Å². The van der Waals surface area contributed by atoms with Crippen molar-refractivity contribution in [3.63, 3.8) is 0 Å². The summed E-state index contributed by atoms with van der Waals surface area (Å²) in [5.41, 5.74) is 2.24. The molecule has 0 aliphatic carbocycles. The lowest BCUT2D eigenvalue weighted by atomic mass is 9.92. The zero-order valence-corrected chi connectivity index (χ0v) is 24.9. The molecule has 1 aromatic heterocycles. The maximum atomic E-state index is 13.5. The van der Waals surface area contributed by atoms with E-state index < -0.39 is 23.5 Å². The molecule has 0 saturated heterocycles. The predicted octanol–water partition coefficient (Wildman–Crippen LogP) is 5.51. The Morgan fingerprint density at radius 3 is 2.34 bits per heavy atom. The summed E-state index contributed by atoms with van der Waals surface area (Å²) < 4.78 is 6.59. The number of aromatic nitrogens is 1. The van der Waals surface area contributed by atoms with Crippen molar-refractivity contribution in [3.05, 3.63) is 69.4 Å². The summed E-state index contributed by atoms with van der Waals surface area (Å²) in [4.78, 5) is 42.7. The number of nitrogens with one attached hydrogen (secondary N) is 3. The molecule has 204 valence electrons. The van der Waals surface area contributed by atoms with Gasteiger partial charge in [-0.25, -0.2) is 0 Å². The Balaban J connectivity index is 1.79. The fourth-order valence-corrected chi connectivity index (χ4v) is 4.73. The summed E-state index contributed by atoms with van der Waals surface area (Å²) in [5.74, 6) is -1.43. The molecule has 2 aromatic carbocycles. The van der Waals surface area contributed by atoms with Crippen LogP contribution in [-0.2, 0) is 32.1 Å². The number of fused-ring (bicyclic) bond motifs is 1. The van der Waals surface area contributed by atoms with Gasteiger partial charge in [-0.05, 0) is 85.0 Å². The average Bonchev–Trinajstić information content (AvgIpc) is 3.24. The van der Waals surface area contributed by atoms with Gasteiger partial charge >= 0.3 is 5.97 Å². The molecule has 0 unspecified atom stereocenters. The topological polar surface area (TPSA) is 100 Å². The van der Waals surface area contributed by atoms with Crippen molar-refractivity contribution in [3.8, 4) is 0 Å². The monoisotopic (exact) mass is 631 g/mol. The molecule has 0 spiro atoms. The normalized spacial score (nSPS) is 13.2. The molecule has 0 aliphatic heterocycles. The first kappa shape index (κ1) is 29.7. The number of amides is 2. The van der Waals surface area contributed by atoms with Crippen molar-refractivity contribution in [1.82, 2.24) is 15.6 Å². The highest BCUT2D eigenvalue weighted by atomic mass is 127. The maximum Gasteiger partial charge on any atom is 0.307 e. The number of halogens is 1. The van der Waals surface area contributed by atoms with Crippen molar-refractivity contribution in [2.45, 2.75) is 72.1 Å². The second-order valence-corrected chi connectivity index (χ2v) is 12.3. The smallest absolute Gasteiger partial charge is 0.307 e. The highest BCUT2D eigenvalue weighted by Gasteiger charge is 2.30. The Kier molecular flexibility index (Phi) is 10.4. The SMILES string of the molecule is CC(C)C[C@H](CC(=O)OC(C)(C)C)C(=O)N[C@@H](Cc1c[nH]c2ccccc12)C(=O)NCc1ccc(I)cc1. The molecule has 8 heteroatoms. The lowest BCUT2D eigenvalue weighted by Gasteiger charge is -2.25. The van der Waals surface area contributed by atoms with E-state index in [4.69, 9.17) is 4.74 Å². The molecule has 7 nitrogen and oxygen atoms in total. The molecular weight excluding hydrogens is 593 g/mol. The second kappa shape index (κ2) is 13.3. The van der Waals surface area contributed by atoms with Crippen molar-refractivity contribution >= 4 is 51.3 Å². The molecule has 1 heterocycles. The standard InChI is InChI=1S/C30H38IN3O4/c1-19(2)14-21(16-27(35)38-30(3,4)5)28(36)34-26(15-22-18-32-25-9-7-6-8-24(22)25)29(37)33-17-20-10-12-23(31)13-11-20/h6-13,18-19,21,26,32H,14-17H2,1-5H3,(H,33,37)(H,34,36)/t21-,26+/m1/s1. The van der Waals surface area contributed by atoms with Gasteiger partial charge in [-0.15, -0.1) is 0 Å². The Morgan fingerprint density at radius 1 is 1.00 bits per heavy atom. The third-order valence-electron chi connectivity index (χ3n) is 6.07. The van der Waals surface area contributed by atoms with Crippen LogP contribution in [0.5, 0.6) is 0 Å². The van der Waals surface area contributed by atoms with E-state index in [2.05, 4.69) is 38.2 Å². The van der Waals surface area contributed by atoms with Crippen LogP contribution in [-0.4, -0.2) is 34.4 Å². The van der Waals surface area contributed by atoms with Crippen LogP contribution in [0.2, 0.25) is 0 Å². The number of carbonyl (C=O) groups excluding carboxylic acids is 3. The maximum absolute atomic E-state index is 13.5. The Labute approximate surface area is 238 Å². The van der Waals surface area contributed by atoms with E-state index >= 15 is 0 Å². The number of benzene rings is 2. The summed E-state index contributed by atoms with van der Waals surface area (Å²) in [6.07, 6.45) is 2.66. The highest BCUT2D eigenvalue weighted by Crippen LogP contribution is 2.22. The van der Waals surface area contributed by atoms with Gasteiger partial charge in [-0.2, -0.15) is 0 Å². The van der Waals surface area contributed by atoms with Gasteiger partial charge in [0.25, 0.3) is 0 Å². The fraction of sp³-hybridized carbons (Fsp3) is 0.433. The number of hydrogen-bond acceptors (Lipinski definition) is 4. The lowest BCUT2D eigenvalue weighted by Crippen LogP contribution is -2.50. The number of hydrogen-bond donors (Lipinski definition) is 3. The van der Waals surface area contributed by atoms with Crippen molar-refractivity contribution in [1.29, 1.82) is 0 Å². The van der Waals surface area contributed by atoms with Gasteiger partial charge in [0, 0.05) is 39.6 Å². The number of para-hydroxylation sites is 1. The summed E-state index contributed by atoms with van der Waals surface area (Å²) in [5, 5.41) is 6.95. The van der Waals surface area contributed by atoms with Crippen molar-refractivity contribution < 1.29 is 19.1 Å². The molecule has 3 rings (SSSR count). The van der Waals surface area contributed by atoms with E-state index in [-0.39, 0.29) is 24.2 Å². The van der Waals surface area contributed by atoms with Gasteiger partial charge < -0.3 is 20.4 Å². The molecule has 0 fully saturated rings. The molecule has 0 saturated carbocycles. The summed E-state index contributed by atoms with van der Waals surface area (Å²) in [6.45, 7) is 9.77. The van der Waals surface area contributed by atoms with E-state index in [1.165, 1.54) is 0 Å². The molecule has 38 heavy (non-hydrogen) atoms. The number of ether oxygens (including phenoxy) is 1. The number of rotatable bonds is 11. The zero-order valence-electron chi connectivity index (χ0n) is 22.8. The summed E-state index contributed by atoms with van der Waals surface area (Å²) >= 11 is 2.24. The third-order valence-corrected chi connectivity index (χ3v) is 6.79. The van der Waals surface area contributed by atoms with Crippen molar-refractivity contribution in [2.75, 3.05) is 0 Å². The van der Waals surface area contributed by atoms with Crippen molar-refractivity contribution in [2.24, 2.45) is 11.8 Å². The largest absolute Gasteiger partial charge is 0.460 e. The number of aromatic amines is 1. The van der Waals surface area contributed by atoms with Gasteiger partial charge in [0.1, 0.15) is 11.6 Å². The van der Waals surface area contributed by atoms with E-state index in [1.54, 1.807) is 20.8 Å². The van der Waals surface area contributed by atoms with Crippen LogP contribution >= 0.6 is 22.6 Å². The molecule has 2 amide bonds. The van der Waals surface area contributed by atoms with Gasteiger partial charge in [0.2, 0.25) is 11.8 Å². The number of esters is 1. The minimum absolute atomic E-state index is 0.0364. The molecule has 0 radical (unpaired) electrons. The van der Waals surface area contributed by atoms with E-state index in [0.29, 0.717) is 19.4 Å². The quantitative estimate of drug-likeness (QED) is 0.192. The predicted molar refractivity (Wildman–Crippen MR) is 158 cm³/mol. The molecule has 3 N–H and O–H groups in total. The van der Waals surface area contributed by atoms with Crippen LogP contribution in [0.3, 0.4) is 0 Å². The Bertz CT molecular complexity index is 1240. The van der Waals surface area contributed by atoms with Gasteiger partial charge in [-0.3, -0.25) is 14.4 Å². The first-order valence-electron chi connectivity index (χ1n) is 13.0. The van der Waals surface area contributed by atoms with Crippen LogP contribution in [0.4, 0.5) is 0 Å². The second-order valence-electron chi connectivity index (χ2n) is 11.1. The first-order chi connectivity index (χ1) is 17.9. The average molecular weight is 632 g/mol. The number of carbonyl (C=O) groups is 3. The van der Waals surface area contributed by atoms with Gasteiger partial charge in [0.05, 0.1) is 6.42 Å². The van der Waals surface area contributed by atoms with Crippen LogP contribution in [0.1, 0.15) is 58.6 Å². The molecule has 2 atom stereocenters. The minimum atomic E-state index is -0.807. The number of H-pyrrole nitrogens is 1. The minimum Gasteiger partial charge on any atom is -0.460 e. The van der Waals surface area contributed by atoms with Gasteiger partial charge in [-0.1, -0.05) is 44.2 Å². The molecule has 0 bridgehead atoms. The summed E-state index contributed by atoms with van der Waals surface area (Å²) in [7, 11) is 0. The summed E-state index contributed by atoms with van der Waals surface area (Å²) in [6, 6.07) is 15.0. The lowest BCUT2D eigenvalue weighted by molar-refractivity contribution is -0.157. The Morgan fingerprint density at radius 2 is 1.68 bits per heavy atom. The van der Waals surface area contributed by atoms with Crippen LogP contribution in [0, 0.1) is 15.4 Å². The third kappa shape index (κ3) is 9.15. The molecular formula is C30H38IN3O4. The fourth-order valence-electron chi connectivity index (χ4n) is 4.37. The van der Waals surface area contributed by atoms with E-state index in [1.807, 2.05) is 68.6 Å². The first-order valence-corrected chi connectivity index (χ1v) is 14.1. The van der Waals surface area contributed by atoms with E-state index in [9.17, 15) is 14.4 Å². The molecule has 3 aromatic rings.